The van der Waals surface area contributed by atoms with Crippen LogP contribution in [0.25, 0.3) is 10.9 Å². The molecule has 1 aromatic heterocycles. The Labute approximate surface area is 194 Å². The highest BCUT2D eigenvalue weighted by molar-refractivity contribution is 5.94. The number of aliphatic imine (C=N–C) groups is 1. The van der Waals surface area contributed by atoms with Crippen molar-refractivity contribution in [2.75, 3.05) is 0 Å². The first-order chi connectivity index (χ1) is 16.0. The van der Waals surface area contributed by atoms with E-state index >= 15 is 0 Å². The number of aryl methyl sites for hydroxylation is 1. The van der Waals surface area contributed by atoms with E-state index in [1.807, 2.05) is 44.2 Å². The number of rotatable bonds is 2. The number of aromatic nitrogens is 1. The summed E-state index contributed by atoms with van der Waals surface area (Å²) in [5.74, 6) is 7.07. The summed E-state index contributed by atoms with van der Waals surface area (Å²) in [6, 6.07) is 16.5. The first-order valence-electron chi connectivity index (χ1n) is 11.2. The highest BCUT2D eigenvalue weighted by Crippen LogP contribution is 2.47. The quantitative estimate of drug-likeness (QED) is 0.457. The Bertz CT molecular complexity index is 1430. The lowest BCUT2D eigenvalue weighted by atomic mass is 9.79. The van der Waals surface area contributed by atoms with Gasteiger partial charge >= 0.3 is 0 Å². The zero-order chi connectivity index (χ0) is 23.0. The summed E-state index contributed by atoms with van der Waals surface area (Å²) < 4.78 is 0. The molecule has 1 atom stereocenters. The minimum absolute atomic E-state index is 0.0329. The standard InChI is InChI=1S/C29H25N3O/c1-4-5-14-30-27-20(3)29(28(33)32-27)17-23-15-22-11-13-25(31-26(22)16-24(23)18-29)12-10-21-8-6-19(2)7-9-21/h4-9,11,13-16H,17-18H2,1-3H3,(H,32,33)/b5-4-,30-14-. The summed E-state index contributed by atoms with van der Waals surface area (Å²) in [6.45, 7) is 6.02. The van der Waals surface area contributed by atoms with Gasteiger partial charge in [-0.3, -0.25) is 4.79 Å². The Morgan fingerprint density at radius 1 is 1.03 bits per heavy atom. The van der Waals surface area contributed by atoms with Crippen molar-refractivity contribution < 1.29 is 4.79 Å². The monoisotopic (exact) mass is 431 g/mol. The Hall–Kier alpha value is -3.97. The van der Waals surface area contributed by atoms with E-state index in [0.717, 1.165) is 27.7 Å². The topological polar surface area (TPSA) is 54.4 Å². The molecule has 5 rings (SSSR count). The second kappa shape index (κ2) is 8.18. The third kappa shape index (κ3) is 3.76. The fourth-order valence-corrected chi connectivity index (χ4v) is 4.62. The van der Waals surface area contributed by atoms with Gasteiger partial charge in [0.1, 0.15) is 11.5 Å². The van der Waals surface area contributed by atoms with Crippen LogP contribution in [-0.2, 0) is 17.6 Å². The largest absolute Gasteiger partial charge is 0.310 e. The normalized spacial score (nSPS) is 19.5. The fourth-order valence-electron chi connectivity index (χ4n) is 4.62. The summed E-state index contributed by atoms with van der Waals surface area (Å²) in [7, 11) is 0. The second-order valence-corrected chi connectivity index (χ2v) is 8.79. The van der Waals surface area contributed by atoms with Crippen LogP contribution in [0, 0.1) is 24.2 Å². The Morgan fingerprint density at radius 3 is 2.55 bits per heavy atom. The first-order valence-corrected chi connectivity index (χ1v) is 11.2. The van der Waals surface area contributed by atoms with Crippen LogP contribution in [0.5, 0.6) is 0 Å². The van der Waals surface area contributed by atoms with Crippen LogP contribution in [-0.4, -0.2) is 17.1 Å². The van der Waals surface area contributed by atoms with Crippen LogP contribution < -0.4 is 5.32 Å². The highest BCUT2D eigenvalue weighted by Gasteiger charge is 2.50. The van der Waals surface area contributed by atoms with Crippen LogP contribution in [0.15, 0.2) is 77.1 Å². The van der Waals surface area contributed by atoms with Gasteiger partial charge in [0.25, 0.3) is 0 Å². The molecule has 1 spiro atoms. The molecular weight excluding hydrogens is 406 g/mol. The van der Waals surface area contributed by atoms with Gasteiger partial charge in [0.15, 0.2) is 0 Å². The molecule has 1 aliphatic carbocycles. The molecule has 162 valence electrons. The maximum absolute atomic E-state index is 13.0. The smallest absolute Gasteiger partial charge is 0.236 e. The molecule has 0 saturated carbocycles. The van der Waals surface area contributed by atoms with Gasteiger partial charge in [-0.2, -0.15) is 0 Å². The second-order valence-electron chi connectivity index (χ2n) is 8.79. The first kappa shape index (κ1) is 20.9. The van der Waals surface area contributed by atoms with Gasteiger partial charge in [-0.1, -0.05) is 29.7 Å². The molecule has 0 saturated heterocycles. The third-order valence-electron chi connectivity index (χ3n) is 6.60. The van der Waals surface area contributed by atoms with E-state index in [4.69, 9.17) is 4.98 Å². The van der Waals surface area contributed by atoms with E-state index in [0.29, 0.717) is 18.7 Å². The summed E-state index contributed by atoms with van der Waals surface area (Å²) in [5.41, 5.74) is 6.67. The lowest BCUT2D eigenvalue weighted by molar-refractivity contribution is -0.126. The van der Waals surface area contributed by atoms with E-state index in [1.54, 1.807) is 6.21 Å². The molecular formula is C29H25N3O. The molecule has 3 aromatic rings. The van der Waals surface area contributed by atoms with Crippen molar-refractivity contribution in [3.63, 3.8) is 0 Å². The van der Waals surface area contributed by atoms with E-state index in [-0.39, 0.29) is 5.91 Å². The van der Waals surface area contributed by atoms with Crippen molar-refractivity contribution in [2.24, 2.45) is 10.4 Å². The van der Waals surface area contributed by atoms with Gasteiger partial charge in [0.2, 0.25) is 5.91 Å². The summed E-state index contributed by atoms with van der Waals surface area (Å²) in [6.07, 6.45) is 6.85. The van der Waals surface area contributed by atoms with Crippen molar-refractivity contribution in [2.45, 2.75) is 33.6 Å². The minimum Gasteiger partial charge on any atom is -0.310 e. The number of fused-ring (bicyclic) bond motifs is 2. The van der Waals surface area contributed by atoms with E-state index in [2.05, 4.69) is 59.4 Å². The molecule has 2 aromatic carbocycles. The summed E-state index contributed by atoms with van der Waals surface area (Å²) in [5, 5.41) is 4.06. The Balaban J connectivity index is 1.46. The lowest BCUT2D eigenvalue weighted by Crippen LogP contribution is -2.34. The van der Waals surface area contributed by atoms with Gasteiger partial charge in [-0.25, -0.2) is 9.98 Å². The SMILES string of the molecule is C/C=C\C=N/C1=C(C)C2(Cc3cc4ccc(C#Cc5ccc(C)cc5)nc4cc3C2)C(=O)N1. The van der Waals surface area contributed by atoms with Crippen LogP contribution in [0.2, 0.25) is 0 Å². The number of carbonyl (C=O) groups excluding carboxylic acids is 1. The number of nitrogens with one attached hydrogen (secondary N) is 1. The molecule has 2 heterocycles. The molecule has 0 fully saturated rings. The maximum Gasteiger partial charge on any atom is 0.236 e. The fraction of sp³-hybridized carbons (Fsp3) is 0.207. The van der Waals surface area contributed by atoms with Crippen LogP contribution >= 0.6 is 0 Å². The van der Waals surface area contributed by atoms with Crippen LogP contribution in [0.1, 0.15) is 41.8 Å². The summed E-state index contributed by atoms with van der Waals surface area (Å²) in [4.78, 5) is 22.3. The zero-order valence-electron chi connectivity index (χ0n) is 19.1. The van der Waals surface area contributed by atoms with Crippen LogP contribution in [0.3, 0.4) is 0 Å². The molecule has 1 aliphatic heterocycles. The molecule has 1 unspecified atom stereocenters. The van der Waals surface area contributed by atoms with E-state index in [1.165, 1.54) is 16.7 Å². The van der Waals surface area contributed by atoms with Crippen molar-refractivity contribution in [1.29, 1.82) is 0 Å². The van der Waals surface area contributed by atoms with Crippen molar-refractivity contribution >= 4 is 23.0 Å². The predicted octanol–water partition coefficient (Wildman–Crippen LogP) is 5.04. The van der Waals surface area contributed by atoms with Gasteiger partial charge in [0.05, 0.1) is 10.9 Å². The van der Waals surface area contributed by atoms with Crippen molar-refractivity contribution in [3.05, 3.63) is 100 Å². The molecule has 4 heteroatoms. The van der Waals surface area contributed by atoms with Gasteiger partial charge in [-0.15, -0.1) is 0 Å². The average Bonchev–Trinajstić information content (AvgIpc) is 3.30. The van der Waals surface area contributed by atoms with E-state index in [9.17, 15) is 4.79 Å². The molecule has 1 amide bonds. The number of carbonyl (C=O) groups is 1. The van der Waals surface area contributed by atoms with Gasteiger partial charge < -0.3 is 5.32 Å². The van der Waals surface area contributed by atoms with Crippen LogP contribution in [0.4, 0.5) is 0 Å². The van der Waals surface area contributed by atoms with Gasteiger partial charge in [0, 0.05) is 17.2 Å². The average molecular weight is 432 g/mol. The number of amides is 1. The van der Waals surface area contributed by atoms with Crippen molar-refractivity contribution in [1.82, 2.24) is 10.3 Å². The third-order valence-corrected chi connectivity index (χ3v) is 6.60. The van der Waals surface area contributed by atoms with Gasteiger partial charge in [-0.05, 0) is 98.7 Å². The minimum atomic E-state index is -0.559. The molecule has 1 N–H and O–H groups in total. The van der Waals surface area contributed by atoms with E-state index < -0.39 is 5.41 Å². The molecule has 33 heavy (non-hydrogen) atoms. The lowest BCUT2D eigenvalue weighted by Gasteiger charge is -2.21. The summed E-state index contributed by atoms with van der Waals surface area (Å²) >= 11 is 0. The predicted molar refractivity (Wildman–Crippen MR) is 133 cm³/mol. The number of nitrogens with zero attached hydrogens (tertiary/aromatic N) is 2. The Morgan fingerprint density at radius 2 is 1.79 bits per heavy atom. The molecule has 2 aliphatic rings. The number of pyridine rings is 1. The number of allylic oxidation sites excluding steroid dienone is 2. The highest BCUT2D eigenvalue weighted by atomic mass is 16.2. The maximum atomic E-state index is 13.0. The molecule has 0 bridgehead atoms. The number of hydrogen-bond acceptors (Lipinski definition) is 3. The van der Waals surface area contributed by atoms with Crippen molar-refractivity contribution in [3.8, 4) is 11.8 Å². The molecule has 0 radical (unpaired) electrons. The Kier molecular flexibility index (Phi) is 5.18. The zero-order valence-corrected chi connectivity index (χ0v) is 19.1. The molecule has 4 nitrogen and oxygen atoms in total. The number of hydrogen-bond donors (Lipinski definition) is 1. The number of benzene rings is 2.